The van der Waals surface area contributed by atoms with Gasteiger partial charge in [-0.1, -0.05) is 29.3 Å². The SMILES string of the molecule is CSc1ccc(/C=C/C(=O)N2CCC(C(=O)N[C@@H](CNC(=O)N3CCOCC3)C(=O)O)CC2)c(Cl)c1Cl. The Kier molecular flexibility index (Phi) is 10.9. The minimum atomic E-state index is -1.26. The van der Waals surface area contributed by atoms with Gasteiger partial charge in [0.2, 0.25) is 11.8 Å². The lowest BCUT2D eigenvalue weighted by Crippen LogP contribution is -2.54. The number of nitrogens with zero attached hydrogens (tertiary/aromatic N) is 2. The quantitative estimate of drug-likeness (QED) is 0.322. The molecule has 3 N–H and O–H groups in total. The Bertz CT molecular complexity index is 1040. The molecule has 202 valence electrons. The molecule has 13 heteroatoms. The molecule has 0 saturated carbocycles. The van der Waals surface area contributed by atoms with Crippen LogP contribution in [0.3, 0.4) is 0 Å². The van der Waals surface area contributed by atoms with E-state index >= 15 is 0 Å². The molecule has 1 aromatic carbocycles. The molecule has 4 amide bonds. The van der Waals surface area contributed by atoms with Crippen LogP contribution in [0.5, 0.6) is 0 Å². The number of carbonyl (C=O) groups excluding carboxylic acids is 3. The van der Waals surface area contributed by atoms with Crippen molar-refractivity contribution < 1.29 is 29.0 Å². The molecule has 2 heterocycles. The van der Waals surface area contributed by atoms with E-state index in [9.17, 15) is 24.3 Å². The van der Waals surface area contributed by atoms with Crippen LogP contribution in [0.15, 0.2) is 23.1 Å². The maximum absolute atomic E-state index is 12.7. The summed E-state index contributed by atoms with van der Waals surface area (Å²) in [5.41, 5.74) is 0.632. The van der Waals surface area contributed by atoms with Crippen molar-refractivity contribution in [2.75, 3.05) is 52.2 Å². The number of rotatable bonds is 8. The van der Waals surface area contributed by atoms with Crippen molar-refractivity contribution in [3.05, 3.63) is 33.8 Å². The summed E-state index contributed by atoms with van der Waals surface area (Å²) in [7, 11) is 0. The number of hydrogen-bond acceptors (Lipinski definition) is 6. The van der Waals surface area contributed by atoms with Gasteiger partial charge in [-0.25, -0.2) is 9.59 Å². The fourth-order valence-corrected chi connectivity index (χ4v) is 5.19. The minimum Gasteiger partial charge on any atom is -0.480 e. The second-order valence-electron chi connectivity index (χ2n) is 8.60. The van der Waals surface area contributed by atoms with Crippen LogP contribution in [0, 0.1) is 5.92 Å². The Hall–Kier alpha value is -2.47. The van der Waals surface area contributed by atoms with Crippen molar-refractivity contribution in [2.24, 2.45) is 5.92 Å². The summed E-state index contributed by atoms with van der Waals surface area (Å²) in [5.74, 6) is -2.30. The number of thioether (sulfide) groups is 1. The van der Waals surface area contributed by atoms with Gasteiger partial charge in [-0.2, -0.15) is 0 Å². The summed E-state index contributed by atoms with van der Waals surface area (Å²) in [6.07, 6.45) is 5.73. The Morgan fingerprint density at radius 3 is 2.41 bits per heavy atom. The third-order valence-electron chi connectivity index (χ3n) is 6.25. The van der Waals surface area contributed by atoms with E-state index in [1.807, 2.05) is 12.3 Å². The first-order chi connectivity index (χ1) is 17.7. The average Bonchev–Trinajstić information content (AvgIpc) is 2.91. The summed E-state index contributed by atoms with van der Waals surface area (Å²) in [6, 6.07) is 1.98. The predicted molar refractivity (Wildman–Crippen MR) is 142 cm³/mol. The standard InChI is InChI=1S/C24H30Cl2N4O6S/c1-37-18-4-2-15(20(25)21(18)26)3-5-19(31)29-8-6-16(7-9-29)22(32)28-17(23(33)34)14-27-24(35)30-10-12-36-13-11-30/h2-5,16-17H,6-14H2,1H3,(H,27,35)(H,28,32)(H,33,34)/b5-3+/t17-/m0/s1. The van der Waals surface area contributed by atoms with Gasteiger partial charge in [0.1, 0.15) is 6.04 Å². The maximum atomic E-state index is 12.7. The predicted octanol–water partition coefficient (Wildman–Crippen LogP) is 2.58. The van der Waals surface area contributed by atoms with Crippen LogP contribution < -0.4 is 10.6 Å². The van der Waals surface area contributed by atoms with Gasteiger partial charge in [0.15, 0.2) is 0 Å². The number of likely N-dealkylation sites (tertiary alicyclic amines) is 1. The molecular formula is C24H30Cl2N4O6S. The topological polar surface area (TPSA) is 128 Å². The zero-order chi connectivity index (χ0) is 26.9. The lowest BCUT2D eigenvalue weighted by Gasteiger charge is -2.31. The van der Waals surface area contributed by atoms with E-state index in [1.165, 1.54) is 22.7 Å². The molecule has 2 aliphatic rings. The van der Waals surface area contributed by atoms with Gasteiger partial charge in [0.25, 0.3) is 0 Å². The zero-order valence-corrected chi connectivity index (χ0v) is 22.7. The molecular weight excluding hydrogens is 543 g/mol. The van der Waals surface area contributed by atoms with Crippen molar-refractivity contribution in [1.29, 1.82) is 0 Å². The van der Waals surface area contributed by atoms with Gasteiger partial charge in [-0.15, -0.1) is 11.8 Å². The Morgan fingerprint density at radius 1 is 1.11 bits per heavy atom. The first-order valence-corrected chi connectivity index (χ1v) is 13.8. The molecule has 0 aliphatic carbocycles. The third-order valence-corrected chi connectivity index (χ3v) is 8.04. The van der Waals surface area contributed by atoms with E-state index in [1.54, 1.807) is 17.0 Å². The van der Waals surface area contributed by atoms with Crippen LogP contribution in [0.1, 0.15) is 18.4 Å². The van der Waals surface area contributed by atoms with Gasteiger partial charge >= 0.3 is 12.0 Å². The molecule has 0 aromatic heterocycles. The largest absolute Gasteiger partial charge is 0.480 e. The molecule has 2 fully saturated rings. The number of aliphatic carboxylic acids is 1. The van der Waals surface area contributed by atoms with Gasteiger partial charge in [0, 0.05) is 43.1 Å². The molecule has 3 rings (SSSR count). The number of carboxylic acid groups (broad SMARTS) is 1. The fraction of sp³-hybridized carbons (Fsp3) is 0.500. The van der Waals surface area contributed by atoms with Crippen LogP contribution in [-0.2, 0) is 19.1 Å². The van der Waals surface area contributed by atoms with E-state index in [4.69, 9.17) is 27.9 Å². The van der Waals surface area contributed by atoms with Gasteiger partial charge in [0.05, 0.1) is 29.8 Å². The summed E-state index contributed by atoms with van der Waals surface area (Å²) < 4.78 is 5.19. The third kappa shape index (κ3) is 8.00. The van der Waals surface area contributed by atoms with Crippen molar-refractivity contribution in [3.63, 3.8) is 0 Å². The minimum absolute atomic E-state index is 0.214. The first kappa shape index (κ1) is 29.1. The summed E-state index contributed by atoms with van der Waals surface area (Å²) >= 11 is 14.0. The van der Waals surface area contributed by atoms with E-state index in [0.29, 0.717) is 67.8 Å². The highest BCUT2D eigenvalue weighted by Gasteiger charge is 2.30. The van der Waals surface area contributed by atoms with Gasteiger partial charge in [-0.05, 0) is 36.8 Å². The molecule has 2 aliphatic heterocycles. The van der Waals surface area contributed by atoms with Gasteiger partial charge < -0.3 is 30.3 Å². The molecule has 2 saturated heterocycles. The van der Waals surface area contributed by atoms with Crippen LogP contribution >= 0.6 is 35.0 Å². The number of carboxylic acids is 1. The van der Waals surface area contributed by atoms with Crippen LogP contribution in [-0.4, -0.2) is 97.0 Å². The van der Waals surface area contributed by atoms with Crippen LogP contribution in [0.25, 0.3) is 6.08 Å². The van der Waals surface area contributed by atoms with Crippen molar-refractivity contribution >= 4 is 64.9 Å². The van der Waals surface area contributed by atoms with E-state index in [0.717, 1.165) is 4.90 Å². The fourth-order valence-electron chi connectivity index (χ4n) is 4.02. The van der Waals surface area contributed by atoms with Crippen LogP contribution in [0.2, 0.25) is 10.0 Å². The van der Waals surface area contributed by atoms with Crippen molar-refractivity contribution in [3.8, 4) is 0 Å². The highest BCUT2D eigenvalue weighted by Crippen LogP contribution is 2.35. The van der Waals surface area contributed by atoms with Crippen molar-refractivity contribution in [2.45, 2.75) is 23.8 Å². The number of hydrogen-bond donors (Lipinski definition) is 3. The molecule has 1 aromatic rings. The number of urea groups is 1. The van der Waals surface area contributed by atoms with E-state index < -0.39 is 29.9 Å². The summed E-state index contributed by atoms with van der Waals surface area (Å²) in [6.45, 7) is 2.18. The molecule has 0 bridgehead atoms. The lowest BCUT2D eigenvalue weighted by molar-refractivity contribution is -0.142. The number of benzene rings is 1. The molecule has 10 nitrogen and oxygen atoms in total. The highest BCUT2D eigenvalue weighted by molar-refractivity contribution is 7.98. The van der Waals surface area contributed by atoms with Gasteiger partial charge in [-0.3, -0.25) is 9.59 Å². The number of carbonyl (C=O) groups is 4. The maximum Gasteiger partial charge on any atom is 0.328 e. The molecule has 0 unspecified atom stereocenters. The summed E-state index contributed by atoms with van der Waals surface area (Å²) in [4.78, 5) is 53.2. The summed E-state index contributed by atoms with van der Waals surface area (Å²) in [5, 5.41) is 15.4. The van der Waals surface area contributed by atoms with Crippen LogP contribution in [0.4, 0.5) is 4.79 Å². The van der Waals surface area contributed by atoms with E-state index in [-0.39, 0.29) is 12.5 Å². The number of morpholine rings is 1. The van der Waals surface area contributed by atoms with Crippen molar-refractivity contribution in [1.82, 2.24) is 20.4 Å². The second kappa shape index (κ2) is 13.9. The highest BCUT2D eigenvalue weighted by atomic mass is 35.5. The lowest BCUT2D eigenvalue weighted by atomic mass is 9.95. The number of nitrogens with one attached hydrogen (secondary N) is 2. The molecule has 37 heavy (non-hydrogen) atoms. The Morgan fingerprint density at radius 2 is 1.78 bits per heavy atom. The molecule has 1 atom stereocenters. The zero-order valence-electron chi connectivity index (χ0n) is 20.4. The molecule has 0 radical (unpaired) electrons. The number of amides is 4. The van der Waals surface area contributed by atoms with E-state index in [2.05, 4.69) is 10.6 Å². The number of ether oxygens (including phenoxy) is 1. The molecule has 0 spiro atoms. The first-order valence-electron chi connectivity index (χ1n) is 11.8. The smallest absolute Gasteiger partial charge is 0.328 e. The number of halogens is 2. The Labute approximate surface area is 229 Å². The number of piperidine rings is 1. The normalized spacial score (nSPS) is 17.5. The average molecular weight is 573 g/mol. The Balaban J connectivity index is 1.47. The monoisotopic (exact) mass is 572 g/mol. The second-order valence-corrected chi connectivity index (χ2v) is 10.2.